The van der Waals surface area contributed by atoms with E-state index in [9.17, 15) is 4.79 Å². The van der Waals surface area contributed by atoms with Crippen LogP contribution in [-0.2, 0) is 17.8 Å². The van der Waals surface area contributed by atoms with Gasteiger partial charge in [-0.15, -0.1) is 0 Å². The molecule has 3 aromatic rings. The Balaban J connectivity index is 1.17. The number of piperidine rings is 1. The van der Waals surface area contributed by atoms with Crippen molar-refractivity contribution in [3.63, 3.8) is 0 Å². The predicted molar refractivity (Wildman–Crippen MR) is 128 cm³/mol. The highest BCUT2D eigenvalue weighted by molar-refractivity contribution is 9.10. The quantitative estimate of drug-likeness (QED) is 0.454. The van der Waals surface area contributed by atoms with Gasteiger partial charge in [0.05, 0.1) is 6.54 Å². The van der Waals surface area contributed by atoms with E-state index in [0.29, 0.717) is 18.3 Å². The molecule has 1 saturated heterocycles. The lowest BCUT2D eigenvalue weighted by Gasteiger charge is -2.30. The van der Waals surface area contributed by atoms with Crippen LogP contribution in [0, 0.1) is 12.8 Å². The molecule has 168 valence electrons. The van der Waals surface area contributed by atoms with Crippen molar-refractivity contribution < 1.29 is 9.32 Å². The summed E-state index contributed by atoms with van der Waals surface area (Å²) in [5, 5.41) is 7.23. The van der Waals surface area contributed by atoms with Crippen LogP contribution in [0.2, 0.25) is 0 Å². The summed E-state index contributed by atoms with van der Waals surface area (Å²) >= 11 is 3.47. The molecule has 2 heterocycles. The van der Waals surface area contributed by atoms with Crippen LogP contribution in [0.1, 0.15) is 36.3 Å². The predicted octanol–water partition coefficient (Wildman–Crippen LogP) is 4.77. The number of hydrogen-bond donors (Lipinski definition) is 1. The molecule has 6 nitrogen and oxygen atoms in total. The van der Waals surface area contributed by atoms with Gasteiger partial charge in [-0.05, 0) is 63.4 Å². The number of hydrogen-bond acceptors (Lipinski definition) is 5. The number of carbonyl (C=O) groups is 1. The fourth-order valence-corrected chi connectivity index (χ4v) is 4.41. The lowest BCUT2D eigenvalue weighted by Crippen LogP contribution is -2.40. The molecule has 0 saturated carbocycles. The second kappa shape index (κ2) is 10.9. The van der Waals surface area contributed by atoms with Gasteiger partial charge >= 0.3 is 0 Å². The maximum Gasteiger partial charge on any atom is 0.241 e. The number of amides is 1. The molecule has 1 fully saturated rings. The van der Waals surface area contributed by atoms with Crippen LogP contribution in [0.25, 0.3) is 11.4 Å². The Bertz CT molecular complexity index is 1030. The third kappa shape index (κ3) is 6.26. The van der Waals surface area contributed by atoms with E-state index in [0.717, 1.165) is 55.4 Å². The number of carbonyl (C=O) groups excluding carboxylic acids is 1. The van der Waals surface area contributed by atoms with Gasteiger partial charge in [-0.3, -0.25) is 9.69 Å². The number of aryl methyl sites for hydroxylation is 2. The molecule has 1 aliphatic heterocycles. The molecule has 0 bridgehead atoms. The summed E-state index contributed by atoms with van der Waals surface area (Å²) in [6.07, 6.45) is 3.67. The van der Waals surface area contributed by atoms with Gasteiger partial charge < -0.3 is 9.84 Å². The standard InChI is InChI=1S/C25H29BrN4O2/c1-18-7-9-19(10-8-18)4-3-13-27-25(31)20-11-14-30(15-12-20)17-23-28-24(29-32-23)21-5-2-6-22(26)16-21/h2,5-10,16,20H,3-4,11-15,17H2,1H3,(H,27,31). The first-order valence-corrected chi connectivity index (χ1v) is 12.0. The Kier molecular flexibility index (Phi) is 7.71. The number of nitrogens with one attached hydrogen (secondary N) is 1. The third-order valence-corrected chi connectivity index (χ3v) is 6.42. The van der Waals surface area contributed by atoms with E-state index >= 15 is 0 Å². The summed E-state index contributed by atoms with van der Waals surface area (Å²) in [6, 6.07) is 16.5. The van der Waals surface area contributed by atoms with Crippen molar-refractivity contribution in [2.45, 2.75) is 39.2 Å². The van der Waals surface area contributed by atoms with Crippen LogP contribution >= 0.6 is 15.9 Å². The second-order valence-corrected chi connectivity index (χ2v) is 9.37. The zero-order chi connectivity index (χ0) is 22.3. The van der Waals surface area contributed by atoms with Gasteiger partial charge in [-0.2, -0.15) is 4.98 Å². The molecule has 7 heteroatoms. The fraction of sp³-hybridized carbons (Fsp3) is 0.400. The molecule has 2 aromatic carbocycles. The molecule has 1 amide bonds. The zero-order valence-corrected chi connectivity index (χ0v) is 20.0. The van der Waals surface area contributed by atoms with E-state index in [1.165, 1.54) is 11.1 Å². The fourth-order valence-electron chi connectivity index (χ4n) is 4.01. The Morgan fingerprint density at radius 3 is 2.72 bits per heavy atom. The second-order valence-electron chi connectivity index (χ2n) is 8.45. The zero-order valence-electron chi connectivity index (χ0n) is 18.4. The van der Waals surface area contributed by atoms with E-state index in [4.69, 9.17) is 4.52 Å². The van der Waals surface area contributed by atoms with Crippen LogP contribution in [0.5, 0.6) is 0 Å². The van der Waals surface area contributed by atoms with Crippen molar-refractivity contribution >= 4 is 21.8 Å². The van der Waals surface area contributed by atoms with Crippen LogP contribution in [0.15, 0.2) is 57.5 Å². The minimum Gasteiger partial charge on any atom is -0.356 e. The van der Waals surface area contributed by atoms with Crippen molar-refractivity contribution in [1.82, 2.24) is 20.4 Å². The summed E-state index contributed by atoms with van der Waals surface area (Å²) in [7, 11) is 0. The minimum atomic E-state index is 0.0885. The average Bonchev–Trinajstić information content (AvgIpc) is 3.27. The number of likely N-dealkylation sites (tertiary alicyclic amines) is 1. The molecular weight excluding hydrogens is 468 g/mol. The van der Waals surface area contributed by atoms with E-state index in [2.05, 4.69) is 67.5 Å². The van der Waals surface area contributed by atoms with Crippen LogP contribution in [0.4, 0.5) is 0 Å². The van der Waals surface area contributed by atoms with Gasteiger partial charge in [-0.1, -0.05) is 63.0 Å². The van der Waals surface area contributed by atoms with Crippen molar-refractivity contribution in [3.05, 3.63) is 70.0 Å². The summed E-state index contributed by atoms with van der Waals surface area (Å²) < 4.78 is 6.43. The van der Waals surface area contributed by atoms with Crippen molar-refractivity contribution in [2.24, 2.45) is 5.92 Å². The smallest absolute Gasteiger partial charge is 0.241 e. The van der Waals surface area contributed by atoms with E-state index in [-0.39, 0.29) is 11.8 Å². The van der Waals surface area contributed by atoms with Gasteiger partial charge in [-0.25, -0.2) is 0 Å². The molecule has 0 aliphatic carbocycles. The van der Waals surface area contributed by atoms with Crippen molar-refractivity contribution in [2.75, 3.05) is 19.6 Å². The van der Waals surface area contributed by atoms with Gasteiger partial charge in [0.2, 0.25) is 17.6 Å². The summed E-state index contributed by atoms with van der Waals surface area (Å²) in [5.41, 5.74) is 3.52. The Labute approximate surface area is 197 Å². The van der Waals surface area contributed by atoms with Crippen LogP contribution in [0.3, 0.4) is 0 Å². The number of rotatable bonds is 8. The van der Waals surface area contributed by atoms with Gasteiger partial charge in [0.25, 0.3) is 0 Å². The first kappa shape index (κ1) is 22.7. The first-order chi connectivity index (χ1) is 15.6. The van der Waals surface area contributed by atoms with Crippen molar-refractivity contribution in [1.29, 1.82) is 0 Å². The van der Waals surface area contributed by atoms with Gasteiger partial charge in [0, 0.05) is 22.5 Å². The molecule has 0 atom stereocenters. The number of aromatic nitrogens is 2. The summed E-state index contributed by atoms with van der Waals surface area (Å²) in [5.74, 6) is 1.48. The van der Waals surface area contributed by atoms with E-state index in [1.807, 2.05) is 24.3 Å². The molecule has 1 aromatic heterocycles. The molecule has 0 unspecified atom stereocenters. The average molecular weight is 497 g/mol. The largest absolute Gasteiger partial charge is 0.356 e. The molecule has 0 spiro atoms. The van der Waals surface area contributed by atoms with Gasteiger partial charge in [0.1, 0.15) is 0 Å². The molecule has 4 rings (SSSR count). The van der Waals surface area contributed by atoms with E-state index in [1.54, 1.807) is 0 Å². The Morgan fingerprint density at radius 1 is 1.19 bits per heavy atom. The van der Waals surface area contributed by atoms with Crippen LogP contribution in [-0.4, -0.2) is 40.6 Å². The van der Waals surface area contributed by atoms with E-state index < -0.39 is 0 Å². The molecule has 1 aliphatic rings. The maximum atomic E-state index is 12.5. The highest BCUT2D eigenvalue weighted by Gasteiger charge is 2.25. The summed E-state index contributed by atoms with van der Waals surface area (Å²) in [6.45, 7) is 5.16. The molecule has 1 N–H and O–H groups in total. The Hall–Kier alpha value is -2.51. The molecule has 32 heavy (non-hydrogen) atoms. The number of nitrogens with zero attached hydrogens (tertiary/aromatic N) is 3. The first-order valence-electron chi connectivity index (χ1n) is 11.2. The highest BCUT2D eigenvalue weighted by atomic mass is 79.9. The SMILES string of the molecule is Cc1ccc(CCCNC(=O)C2CCN(Cc3nc(-c4cccc(Br)c4)no3)CC2)cc1. The van der Waals surface area contributed by atoms with Gasteiger partial charge in [0.15, 0.2) is 0 Å². The summed E-state index contributed by atoms with van der Waals surface area (Å²) in [4.78, 5) is 19.3. The lowest BCUT2D eigenvalue weighted by molar-refractivity contribution is -0.126. The number of halogens is 1. The monoisotopic (exact) mass is 496 g/mol. The minimum absolute atomic E-state index is 0.0885. The lowest BCUT2D eigenvalue weighted by atomic mass is 9.96. The molecular formula is C25H29BrN4O2. The normalized spacial score (nSPS) is 15.1. The third-order valence-electron chi connectivity index (χ3n) is 5.93. The highest BCUT2D eigenvalue weighted by Crippen LogP contribution is 2.22. The number of benzene rings is 2. The van der Waals surface area contributed by atoms with Crippen LogP contribution < -0.4 is 5.32 Å². The van der Waals surface area contributed by atoms with Crippen molar-refractivity contribution in [3.8, 4) is 11.4 Å². The Morgan fingerprint density at radius 2 is 1.97 bits per heavy atom. The molecule has 0 radical (unpaired) electrons. The maximum absolute atomic E-state index is 12.5. The topological polar surface area (TPSA) is 71.3 Å².